The van der Waals surface area contributed by atoms with Gasteiger partial charge in [-0.1, -0.05) is 67.1 Å². The van der Waals surface area contributed by atoms with E-state index < -0.39 is 10.0 Å². The van der Waals surface area contributed by atoms with Gasteiger partial charge in [-0.2, -0.15) is 4.31 Å². The zero-order valence-corrected chi connectivity index (χ0v) is 15.6. The van der Waals surface area contributed by atoms with Gasteiger partial charge in [0, 0.05) is 6.54 Å². The first kappa shape index (κ1) is 19.2. The van der Waals surface area contributed by atoms with Crippen LogP contribution in [0.5, 0.6) is 0 Å². The normalized spacial score (nSPS) is 14.0. The van der Waals surface area contributed by atoms with Crippen LogP contribution in [0.25, 0.3) is 0 Å². The predicted molar refractivity (Wildman–Crippen MR) is 104 cm³/mol. The maximum Gasteiger partial charge on any atom is 0.243 e. The van der Waals surface area contributed by atoms with Crippen LogP contribution in [-0.4, -0.2) is 19.3 Å². The first-order valence-corrected chi connectivity index (χ1v) is 9.72. The van der Waals surface area contributed by atoms with E-state index in [4.69, 9.17) is 0 Å². The molecule has 0 saturated carbocycles. The van der Waals surface area contributed by atoms with E-state index in [1.54, 1.807) is 24.3 Å². The van der Waals surface area contributed by atoms with E-state index in [2.05, 4.69) is 13.2 Å². The molecule has 0 bridgehead atoms. The third kappa shape index (κ3) is 4.27. The third-order valence-corrected chi connectivity index (χ3v) is 6.12. The van der Waals surface area contributed by atoms with E-state index in [0.717, 1.165) is 11.1 Å². The Bertz CT molecular complexity index is 811. The second kappa shape index (κ2) is 8.28. The fourth-order valence-corrected chi connectivity index (χ4v) is 4.51. The molecule has 0 spiro atoms. The topological polar surface area (TPSA) is 37.4 Å². The number of sulfonamides is 1. The van der Waals surface area contributed by atoms with Crippen molar-refractivity contribution in [3.8, 4) is 0 Å². The van der Waals surface area contributed by atoms with Crippen LogP contribution < -0.4 is 0 Å². The molecule has 2 aromatic carbocycles. The van der Waals surface area contributed by atoms with Crippen LogP contribution in [0.15, 0.2) is 84.8 Å². The summed E-state index contributed by atoms with van der Waals surface area (Å²) in [4.78, 5) is 0.289. The Hall–Kier alpha value is -2.17. The van der Waals surface area contributed by atoms with Gasteiger partial charge in [-0.15, -0.1) is 13.2 Å². The first-order valence-electron chi connectivity index (χ1n) is 8.28. The van der Waals surface area contributed by atoms with Crippen molar-refractivity contribution in [3.63, 3.8) is 0 Å². The minimum absolute atomic E-state index is 0.0532. The van der Waals surface area contributed by atoms with E-state index in [1.165, 1.54) is 4.31 Å². The van der Waals surface area contributed by atoms with Crippen molar-refractivity contribution < 1.29 is 8.42 Å². The average molecular weight is 356 g/mol. The van der Waals surface area contributed by atoms with Gasteiger partial charge in [0.15, 0.2) is 0 Å². The fourth-order valence-electron chi connectivity index (χ4n) is 2.85. The highest BCUT2D eigenvalue weighted by Gasteiger charge is 2.34. The quantitative estimate of drug-likeness (QED) is 0.642. The van der Waals surface area contributed by atoms with E-state index in [9.17, 15) is 8.42 Å². The molecule has 25 heavy (non-hydrogen) atoms. The molecule has 132 valence electrons. The van der Waals surface area contributed by atoms with Gasteiger partial charge in [0.2, 0.25) is 10.0 Å². The highest BCUT2D eigenvalue weighted by Crippen LogP contribution is 2.34. The summed E-state index contributed by atoms with van der Waals surface area (Å²) in [6, 6.07) is 16.3. The molecule has 2 rings (SSSR count). The fraction of sp³-hybridized carbons (Fsp3) is 0.238. The molecule has 0 aliphatic rings. The summed E-state index contributed by atoms with van der Waals surface area (Å²) in [6.45, 7) is 11.8. The molecule has 2 atom stereocenters. The van der Waals surface area contributed by atoms with Crippen molar-refractivity contribution in [2.24, 2.45) is 5.92 Å². The van der Waals surface area contributed by atoms with Crippen LogP contribution in [0.1, 0.15) is 24.1 Å². The smallest absolute Gasteiger partial charge is 0.207 e. The Morgan fingerprint density at radius 1 is 1.04 bits per heavy atom. The van der Waals surface area contributed by atoms with Crippen molar-refractivity contribution in [1.29, 1.82) is 0 Å². The number of aryl methyl sites for hydroxylation is 1. The lowest BCUT2D eigenvalue weighted by molar-refractivity contribution is 0.299. The summed E-state index contributed by atoms with van der Waals surface area (Å²) in [5.74, 6) is -0.0532. The SMILES string of the molecule is C=CCN([C@H](c1ccccc1)[C@H](C)C=C)S(=O)(=O)c1ccc(C)cc1. The molecule has 0 N–H and O–H groups in total. The molecule has 0 aliphatic heterocycles. The van der Waals surface area contributed by atoms with Crippen molar-refractivity contribution in [1.82, 2.24) is 4.31 Å². The summed E-state index contributed by atoms with van der Waals surface area (Å²) < 4.78 is 28.1. The molecule has 0 heterocycles. The first-order chi connectivity index (χ1) is 11.9. The summed E-state index contributed by atoms with van der Waals surface area (Å²) in [6.07, 6.45) is 3.41. The van der Waals surface area contributed by atoms with Crippen LogP contribution >= 0.6 is 0 Å². The molecule has 3 nitrogen and oxygen atoms in total. The highest BCUT2D eigenvalue weighted by molar-refractivity contribution is 7.89. The molecule has 4 heteroatoms. The molecule has 0 radical (unpaired) electrons. The van der Waals surface area contributed by atoms with Gasteiger partial charge < -0.3 is 0 Å². The molecular formula is C21H25NO2S. The predicted octanol–water partition coefficient (Wildman–Crippen LogP) is 4.74. The van der Waals surface area contributed by atoms with Gasteiger partial charge in [0.1, 0.15) is 0 Å². The van der Waals surface area contributed by atoms with Gasteiger partial charge in [-0.3, -0.25) is 0 Å². The molecule has 0 aliphatic carbocycles. The van der Waals surface area contributed by atoms with Gasteiger partial charge in [-0.05, 0) is 30.5 Å². The Morgan fingerprint density at radius 3 is 2.16 bits per heavy atom. The van der Waals surface area contributed by atoms with Crippen molar-refractivity contribution in [2.75, 3.05) is 6.54 Å². The Morgan fingerprint density at radius 2 is 1.64 bits per heavy atom. The van der Waals surface area contributed by atoms with Gasteiger partial charge in [-0.25, -0.2) is 8.42 Å². The number of benzene rings is 2. The molecule has 0 fully saturated rings. The van der Waals surface area contributed by atoms with Gasteiger partial charge >= 0.3 is 0 Å². The lowest BCUT2D eigenvalue weighted by Gasteiger charge is -2.33. The summed E-state index contributed by atoms with van der Waals surface area (Å²) in [5, 5.41) is 0. The lowest BCUT2D eigenvalue weighted by atomic mass is 9.94. The molecular weight excluding hydrogens is 330 g/mol. The minimum Gasteiger partial charge on any atom is -0.207 e. The molecule has 0 amide bonds. The van der Waals surface area contributed by atoms with E-state index >= 15 is 0 Å². The molecule has 0 aromatic heterocycles. The molecule has 0 saturated heterocycles. The summed E-state index contributed by atoms with van der Waals surface area (Å²) in [7, 11) is -3.67. The number of hydrogen-bond acceptors (Lipinski definition) is 2. The minimum atomic E-state index is -3.67. The second-order valence-corrected chi connectivity index (χ2v) is 8.02. The van der Waals surface area contributed by atoms with Crippen molar-refractivity contribution in [3.05, 3.63) is 91.0 Å². The van der Waals surface area contributed by atoms with Crippen LogP contribution in [0, 0.1) is 12.8 Å². The largest absolute Gasteiger partial charge is 0.243 e. The Labute approximate surface area is 151 Å². The Balaban J connectivity index is 2.57. The number of rotatable bonds is 8. The van der Waals surface area contributed by atoms with E-state index in [-0.39, 0.29) is 23.4 Å². The maximum absolute atomic E-state index is 13.3. The Kier molecular flexibility index (Phi) is 6.34. The zero-order chi connectivity index (χ0) is 18.4. The highest BCUT2D eigenvalue weighted by atomic mass is 32.2. The van der Waals surface area contributed by atoms with Crippen molar-refractivity contribution >= 4 is 10.0 Å². The number of hydrogen-bond donors (Lipinski definition) is 0. The van der Waals surface area contributed by atoms with Crippen LogP contribution in [0.2, 0.25) is 0 Å². The number of nitrogens with zero attached hydrogens (tertiary/aromatic N) is 1. The molecule has 2 aromatic rings. The third-order valence-electron chi connectivity index (χ3n) is 4.26. The zero-order valence-electron chi connectivity index (χ0n) is 14.8. The maximum atomic E-state index is 13.3. The standard InChI is InChI=1S/C21H25NO2S/c1-5-16-22(25(23,24)20-14-12-17(3)13-15-20)21(18(4)6-2)19-10-8-7-9-11-19/h5-15,18,21H,1-2,16H2,3-4H3/t18-,21+/m1/s1. The van der Waals surface area contributed by atoms with Crippen LogP contribution in [0.4, 0.5) is 0 Å². The van der Waals surface area contributed by atoms with Crippen LogP contribution in [-0.2, 0) is 10.0 Å². The van der Waals surface area contributed by atoms with E-state index in [0.29, 0.717) is 0 Å². The summed E-state index contributed by atoms with van der Waals surface area (Å²) >= 11 is 0. The van der Waals surface area contributed by atoms with Crippen LogP contribution in [0.3, 0.4) is 0 Å². The van der Waals surface area contributed by atoms with Gasteiger partial charge in [0.25, 0.3) is 0 Å². The average Bonchev–Trinajstić information content (AvgIpc) is 2.62. The van der Waals surface area contributed by atoms with Gasteiger partial charge in [0.05, 0.1) is 10.9 Å². The van der Waals surface area contributed by atoms with Crippen molar-refractivity contribution in [2.45, 2.75) is 24.8 Å². The molecule has 0 unspecified atom stereocenters. The lowest BCUT2D eigenvalue weighted by Crippen LogP contribution is -2.37. The van der Waals surface area contributed by atoms with E-state index in [1.807, 2.05) is 56.3 Å². The monoisotopic (exact) mass is 355 g/mol. The summed E-state index contributed by atoms with van der Waals surface area (Å²) in [5.41, 5.74) is 1.96. The second-order valence-electron chi connectivity index (χ2n) is 6.13.